The quantitative estimate of drug-likeness (QED) is 0.479. The van der Waals surface area contributed by atoms with Crippen LogP contribution in [0.2, 0.25) is 0 Å². The summed E-state index contributed by atoms with van der Waals surface area (Å²) in [7, 11) is 2.78. The van der Waals surface area contributed by atoms with E-state index in [-0.39, 0.29) is 11.3 Å². The summed E-state index contributed by atoms with van der Waals surface area (Å²) in [6.07, 6.45) is 1.71. The zero-order chi connectivity index (χ0) is 25.4. The highest BCUT2D eigenvalue weighted by Gasteiger charge is 2.33. The van der Waals surface area contributed by atoms with Crippen LogP contribution in [0.3, 0.4) is 0 Å². The van der Waals surface area contributed by atoms with E-state index >= 15 is 0 Å². The van der Waals surface area contributed by atoms with Gasteiger partial charge in [0.2, 0.25) is 0 Å². The molecule has 3 aromatic rings. The number of benzene rings is 2. The summed E-state index contributed by atoms with van der Waals surface area (Å²) in [5, 5.41) is 10.0. The molecule has 0 radical (unpaired) electrons. The fourth-order valence-corrected chi connectivity index (χ4v) is 5.53. The lowest BCUT2D eigenvalue weighted by atomic mass is 9.93. The molecule has 0 fully saturated rings. The van der Waals surface area contributed by atoms with Crippen molar-refractivity contribution in [2.75, 3.05) is 14.2 Å². The molecule has 0 bridgehead atoms. The van der Waals surface area contributed by atoms with Gasteiger partial charge in [0.25, 0.3) is 5.56 Å². The molecule has 1 aliphatic rings. The van der Waals surface area contributed by atoms with Gasteiger partial charge in [-0.05, 0) is 47.7 Å². The molecule has 2 aromatic carbocycles. The monoisotopic (exact) mass is 556 g/mol. The number of aromatic hydroxyl groups is 1. The second kappa shape index (κ2) is 9.83. The minimum absolute atomic E-state index is 0.0128. The molecule has 4 rings (SSSR count). The number of carbonyl (C=O) groups is 1. The number of phenolic OH excluding ortho intramolecular Hbond substituents is 1. The van der Waals surface area contributed by atoms with Gasteiger partial charge in [0.1, 0.15) is 0 Å². The molecule has 0 unspecified atom stereocenters. The molecule has 182 valence electrons. The first kappa shape index (κ1) is 24.9. The molecule has 0 aliphatic carbocycles. The van der Waals surface area contributed by atoms with Crippen molar-refractivity contribution in [1.29, 1.82) is 0 Å². The van der Waals surface area contributed by atoms with E-state index in [1.165, 1.54) is 31.6 Å². The lowest BCUT2D eigenvalue weighted by Gasteiger charge is -2.24. The highest BCUT2D eigenvalue weighted by molar-refractivity contribution is 9.10. The van der Waals surface area contributed by atoms with Crippen LogP contribution in [-0.4, -0.2) is 29.9 Å². The number of rotatable bonds is 5. The maximum atomic E-state index is 13.7. The average molecular weight is 557 g/mol. The van der Waals surface area contributed by atoms with Gasteiger partial charge in [-0.15, -0.1) is 0 Å². The Morgan fingerprint density at radius 3 is 2.51 bits per heavy atom. The van der Waals surface area contributed by atoms with Crippen molar-refractivity contribution in [2.24, 2.45) is 4.99 Å². The van der Waals surface area contributed by atoms with Gasteiger partial charge in [-0.2, -0.15) is 0 Å². The number of phenols is 1. The Labute approximate surface area is 214 Å². The van der Waals surface area contributed by atoms with Crippen molar-refractivity contribution in [3.63, 3.8) is 0 Å². The third kappa shape index (κ3) is 4.58. The van der Waals surface area contributed by atoms with E-state index in [0.717, 1.165) is 11.1 Å². The highest BCUT2D eigenvalue weighted by Crippen LogP contribution is 2.33. The van der Waals surface area contributed by atoms with Gasteiger partial charge >= 0.3 is 5.97 Å². The lowest BCUT2D eigenvalue weighted by Crippen LogP contribution is -2.39. The summed E-state index contributed by atoms with van der Waals surface area (Å²) < 4.78 is 12.9. The van der Waals surface area contributed by atoms with Crippen molar-refractivity contribution in [2.45, 2.75) is 32.7 Å². The van der Waals surface area contributed by atoms with Gasteiger partial charge in [-0.3, -0.25) is 9.36 Å². The number of aromatic nitrogens is 1. The molecular formula is C26H25BrN2O5S. The zero-order valence-electron chi connectivity index (χ0n) is 20.0. The van der Waals surface area contributed by atoms with Crippen LogP contribution in [0.25, 0.3) is 6.08 Å². The Balaban J connectivity index is 1.95. The molecule has 0 amide bonds. The minimum Gasteiger partial charge on any atom is -0.504 e. The van der Waals surface area contributed by atoms with Crippen molar-refractivity contribution in [3.05, 3.63) is 88.5 Å². The Hall–Kier alpha value is -3.17. The molecule has 1 N–H and O–H groups in total. The van der Waals surface area contributed by atoms with Crippen molar-refractivity contribution >= 4 is 39.3 Å². The van der Waals surface area contributed by atoms with Crippen molar-refractivity contribution in [1.82, 2.24) is 4.57 Å². The molecule has 1 aromatic heterocycles. The largest absolute Gasteiger partial charge is 0.504 e. The number of methoxy groups -OCH3 is 2. The van der Waals surface area contributed by atoms with Gasteiger partial charge in [0.15, 0.2) is 16.3 Å². The molecule has 0 saturated heterocycles. The van der Waals surface area contributed by atoms with E-state index < -0.39 is 12.0 Å². The highest BCUT2D eigenvalue weighted by atomic mass is 79.9. The summed E-state index contributed by atoms with van der Waals surface area (Å²) in [5.74, 6) is 0.106. The topological polar surface area (TPSA) is 90.1 Å². The minimum atomic E-state index is -0.667. The summed E-state index contributed by atoms with van der Waals surface area (Å²) in [4.78, 5) is 31.5. The third-order valence-corrected chi connectivity index (χ3v) is 7.60. The van der Waals surface area contributed by atoms with Crippen LogP contribution in [0.15, 0.2) is 61.9 Å². The number of ether oxygens (including phenoxy) is 2. The van der Waals surface area contributed by atoms with E-state index in [4.69, 9.17) is 9.47 Å². The van der Waals surface area contributed by atoms with Crippen LogP contribution in [-0.2, 0) is 9.53 Å². The van der Waals surface area contributed by atoms with Crippen LogP contribution >= 0.6 is 27.3 Å². The molecule has 2 heterocycles. The normalized spacial score (nSPS) is 15.7. The Morgan fingerprint density at radius 1 is 1.23 bits per heavy atom. The number of thiazole rings is 1. The van der Waals surface area contributed by atoms with Crippen LogP contribution in [0.1, 0.15) is 49.4 Å². The molecule has 0 saturated carbocycles. The van der Waals surface area contributed by atoms with Gasteiger partial charge < -0.3 is 14.6 Å². The number of hydrogen-bond donors (Lipinski definition) is 1. The van der Waals surface area contributed by atoms with Crippen LogP contribution in [0.4, 0.5) is 0 Å². The van der Waals surface area contributed by atoms with E-state index in [2.05, 4.69) is 34.8 Å². The van der Waals surface area contributed by atoms with E-state index in [0.29, 0.717) is 42.3 Å². The predicted octanol–water partition coefficient (Wildman–Crippen LogP) is 4.01. The van der Waals surface area contributed by atoms with Gasteiger partial charge in [-0.25, -0.2) is 9.79 Å². The molecule has 7 nitrogen and oxygen atoms in total. The smallest absolute Gasteiger partial charge is 0.338 e. The molecule has 1 atom stereocenters. The summed E-state index contributed by atoms with van der Waals surface area (Å²) >= 11 is 4.67. The number of nitrogens with zero attached hydrogens (tertiary/aromatic N) is 2. The maximum Gasteiger partial charge on any atom is 0.338 e. The molecule has 35 heavy (non-hydrogen) atoms. The number of fused-ring (bicyclic) bond motifs is 1. The fourth-order valence-electron chi connectivity index (χ4n) is 4.05. The van der Waals surface area contributed by atoms with Crippen LogP contribution in [0.5, 0.6) is 11.5 Å². The summed E-state index contributed by atoms with van der Waals surface area (Å²) in [6.45, 7) is 5.97. The Kier molecular flexibility index (Phi) is 7.00. The summed E-state index contributed by atoms with van der Waals surface area (Å²) in [5.41, 5.74) is 3.18. The number of allylic oxidation sites excluding steroid dienone is 1. The first-order valence-electron chi connectivity index (χ1n) is 10.9. The number of hydrogen-bond acceptors (Lipinski definition) is 7. The van der Waals surface area contributed by atoms with Crippen LogP contribution in [0, 0.1) is 0 Å². The van der Waals surface area contributed by atoms with E-state index in [1.54, 1.807) is 23.6 Å². The second-order valence-corrected chi connectivity index (χ2v) is 10.3. The Bertz CT molecular complexity index is 1520. The number of halogens is 1. The van der Waals surface area contributed by atoms with Gasteiger partial charge in [-0.1, -0.05) is 65.4 Å². The average Bonchev–Trinajstić information content (AvgIpc) is 3.13. The van der Waals surface area contributed by atoms with E-state index in [9.17, 15) is 14.7 Å². The second-order valence-electron chi connectivity index (χ2n) is 8.44. The first-order chi connectivity index (χ1) is 16.7. The number of esters is 1. The van der Waals surface area contributed by atoms with E-state index in [1.807, 2.05) is 24.3 Å². The van der Waals surface area contributed by atoms with Crippen LogP contribution < -0.4 is 19.6 Å². The lowest BCUT2D eigenvalue weighted by molar-refractivity contribution is -0.136. The third-order valence-electron chi connectivity index (χ3n) is 5.93. The number of carbonyl (C=O) groups excluding carboxylic acids is 1. The first-order valence-corrected chi connectivity index (χ1v) is 12.5. The molecule has 1 aliphatic heterocycles. The summed E-state index contributed by atoms with van der Waals surface area (Å²) in [6, 6.07) is 10.4. The predicted molar refractivity (Wildman–Crippen MR) is 139 cm³/mol. The molecule has 9 heteroatoms. The molecular weight excluding hydrogens is 532 g/mol. The molecule has 0 spiro atoms. The fraction of sp³-hybridized carbons (Fsp3) is 0.269. The Morgan fingerprint density at radius 2 is 1.91 bits per heavy atom. The van der Waals surface area contributed by atoms with Crippen molar-refractivity contribution < 1.29 is 19.4 Å². The zero-order valence-corrected chi connectivity index (χ0v) is 22.4. The van der Waals surface area contributed by atoms with Gasteiger partial charge in [0, 0.05) is 4.47 Å². The maximum absolute atomic E-state index is 13.7. The SMILES string of the molecule is COC(=O)C1=C(C)N=c2s/c(=C\c3cc(OC)c(O)cc3Br)c(=O)n2[C@H]1c1ccc(C(C)C)cc1. The standard InChI is InChI=1S/C26H25BrN2O5S/c1-13(2)15-6-8-16(9-7-15)23-22(25(32)34-5)14(3)28-26-29(23)24(31)21(35-26)11-17-10-20(33-4)19(30)12-18(17)27/h6-13,23,30H,1-5H3/b21-11-/t23-/m0/s1. The van der Waals surface area contributed by atoms with Gasteiger partial charge in [0.05, 0.1) is 36.1 Å². The van der Waals surface area contributed by atoms with Crippen molar-refractivity contribution in [3.8, 4) is 11.5 Å².